The average molecular weight is 705 g/mol. The molecule has 0 saturated heterocycles. The number of nitrogens with one attached hydrogen (secondary N) is 3. The number of hydrogen-bond acceptors (Lipinski definition) is 8. The lowest BCUT2D eigenvalue weighted by Gasteiger charge is -2.24. The summed E-state index contributed by atoms with van der Waals surface area (Å²) in [4.78, 5) is 89.2. The van der Waals surface area contributed by atoms with Crippen molar-refractivity contribution in [1.29, 1.82) is 0 Å². The van der Waals surface area contributed by atoms with Crippen LogP contribution in [0.15, 0.2) is 48.5 Å². The molecule has 0 unspecified atom stereocenters. The van der Waals surface area contributed by atoms with Crippen molar-refractivity contribution in [1.82, 2.24) is 30.7 Å². The molecule has 16 heteroatoms. The lowest BCUT2D eigenvalue weighted by atomic mass is 9.98. The third-order valence-corrected chi connectivity index (χ3v) is 8.24. The number of carbonyl (C=O) groups excluding carboxylic acids is 6. The molecule has 0 spiro atoms. The fourth-order valence-electron chi connectivity index (χ4n) is 5.68. The van der Waals surface area contributed by atoms with E-state index in [4.69, 9.17) is 17.7 Å². The Bertz CT molecular complexity index is 1530. The number of benzene rings is 2. The van der Waals surface area contributed by atoms with E-state index in [0.717, 1.165) is 32.1 Å². The number of nitrogens with zero attached hydrogens (tertiary/aromatic N) is 3. The number of carbonyl (C=O) groups is 7. The molecule has 2 aromatic carbocycles. The number of alkyl carbamates (subject to hydrolysis) is 1. The summed E-state index contributed by atoms with van der Waals surface area (Å²) in [6, 6.07) is 16.0. The second-order valence-corrected chi connectivity index (χ2v) is 11.7. The van der Waals surface area contributed by atoms with Gasteiger partial charge in [-0.2, -0.15) is 0 Å². The van der Waals surface area contributed by atoms with E-state index < -0.39 is 36.3 Å². The Kier molecular flexibility index (Phi) is 15.9. The Morgan fingerprint density at radius 2 is 1.10 bits per heavy atom. The summed E-state index contributed by atoms with van der Waals surface area (Å²) >= 11 is 0. The molecule has 15 nitrogen and oxygen atoms in total. The minimum atomic E-state index is -1.18. The first kappa shape index (κ1) is 40.0. The highest BCUT2D eigenvalue weighted by atomic mass is 16.5. The van der Waals surface area contributed by atoms with Crippen LogP contribution in [0.25, 0.3) is 11.1 Å². The molecule has 4 N–H and O–H groups in total. The molecule has 3 rings (SSSR count). The highest BCUT2D eigenvalue weighted by Crippen LogP contribution is 2.44. The van der Waals surface area contributed by atoms with E-state index in [2.05, 4.69) is 16.0 Å². The third-order valence-electron chi connectivity index (χ3n) is 8.24. The number of fused-ring (bicyclic) bond motifs is 3. The maximum absolute atomic E-state index is 12.7. The van der Waals surface area contributed by atoms with E-state index in [9.17, 15) is 33.6 Å². The average Bonchev–Trinajstić information content (AvgIpc) is 3.44. The fraction of sp³-hybridized carbons (Fsp3) is 0.457. The van der Waals surface area contributed by atoms with Crippen molar-refractivity contribution in [2.45, 2.75) is 38.9 Å². The van der Waals surface area contributed by atoms with E-state index in [1.165, 1.54) is 4.90 Å². The zero-order valence-electron chi connectivity index (χ0n) is 29.0. The minimum Gasteiger partial charge on any atom is -0.480 e. The molecule has 1 aliphatic rings. The molecular weight excluding hydrogens is 659 g/mol. The maximum atomic E-state index is 12.7. The van der Waals surface area contributed by atoms with Crippen molar-refractivity contribution in [3.63, 3.8) is 0 Å². The monoisotopic (exact) mass is 704 g/mol. The third kappa shape index (κ3) is 12.2. The first-order chi connectivity index (χ1) is 24.5. The molecule has 0 saturated carbocycles. The predicted molar refractivity (Wildman–Crippen MR) is 188 cm³/mol. The SMILES string of the molecule is [B]CC(=O)N(CCNC(=O)CN(CCNC(=O)OCC1c2ccccc2-c2ccccc21)C(=O)CC)CC(=O)NCCN(CC(=O)O)C(=O)CC. The van der Waals surface area contributed by atoms with Gasteiger partial charge in [-0.3, -0.25) is 28.8 Å². The quantitative estimate of drug-likeness (QED) is 0.144. The van der Waals surface area contributed by atoms with E-state index in [1.807, 2.05) is 48.5 Å². The van der Waals surface area contributed by atoms with Crippen molar-refractivity contribution in [2.75, 3.05) is 65.5 Å². The van der Waals surface area contributed by atoms with Gasteiger partial charge in [0.15, 0.2) is 0 Å². The van der Waals surface area contributed by atoms with Gasteiger partial charge in [-0.15, -0.1) is 0 Å². The molecule has 1 aliphatic carbocycles. The molecule has 6 amide bonds. The van der Waals surface area contributed by atoms with Crippen LogP contribution in [0, 0.1) is 0 Å². The topological polar surface area (TPSA) is 195 Å². The lowest BCUT2D eigenvalue weighted by Crippen LogP contribution is -2.48. The molecule has 51 heavy (non-hydrogen) atoms. The van der Waals surface area contributed by atoms with E-state index in [0.29, 0.717) is 0 Å². The zero-order chi connectivity index (χ0) is 37.3. The normalized spacial score (nSPS) is 11.4. The van der Waals surface area contributed by atoms with Gasteiger partial charge < -0.3 is 40.5 Å². The molecular formula is C35H45BN6O9. The summed E-state index contributed by atoms with van der Waals surface area (Å²) in [7, 11) is 5.49. The number of carboxylic acid groups (broad SMARTS) is 1. The molecule has 0 heterocycles. The highest BCUT2D eigenvalue weighted by molar-refractivity contribution is 6.19. The Balaban J connectivity index is 1.42. The Morgan fingerprint density at radius 3 is 1.55 bits per heavy atom. The van der Waals surface area contributed by atoms with Crippen LogP contribution >= 0.6 is 0 Å². The zero-order valence-corrected chi connectivity index (χ0v) is 29.0. The summed E-state index contributed by atoms with van der Waals surface area (Å²) in [5.41, 5.74) is 4.38. The van der Waals surface area contributed by atoms with Gasteiger partial charge in [0, 0.05) is 58.0 Å². The number of carboxylic acids is 1. The summed E-state index contributed by atoms with van der Waals surface area (Å²) in [5, 5.41) is 16.8. The van der Waals surface area contributed by atoms with Crippen LogP contribution in [-0.2, 0) is 33.5 Å². The summed E-state index contributed by atoms with van der Waals surface area (Å²) in [5.74, 6) is -3.60. The van der Waals surface area contributed by atoms with Crippen molar-refractivity contribution >= 4 is 49.4 Å². The second-order valence-electron chi connectivity index (χ2n) is 11.7. The molecule has 0 aliphatic heterocycles. The first-order valence-corrected chi connectivity index (χ1v) is 16.9. The molecule has 2 radical (unpaired) electrons. The first-order valence-electron chi connectivity index (χ1n) is 16.9. The van der Waals surface area contributed by atoms with Crippen LogP contribution in [0.5, 0.6) is 0 Å². The van der Waals surface area contributed by atoms with E-state index in [-0.39, 0.29) is 95.9 Å². The van der Waals surface area contributed by atoms with Crippen LogP contribution in [0.1, 0.15) is 43.7 Å². The molecule has 272 valence electrons. The largest absolute Gasteiger partial charge is 0.480 e. The molecule has 0 atom stereocenters. The van der Waals surface area contributed by atoms with Crippen molar-refractivity contribution < 1.29 is 43.4 Å². The highest BCUT2D eigenvalue weighted by Gasteiger charge is 2.29. The maximum Gasteiger partial charge on any atom is 0.407 e. The van der Waals surface area contributed by atoms with Crippen LogP contribution in [0.4, 0.5) is 4.79 Å². The number of ether oxygens (including phenoxy) is 1. The molecule has 2 aromatic rings. The van der Waals surface area contributed by atoms with E-state index >= 15 is 0 Å². The fourth-order valence-corrected chi connectivity index (χ4v) is 5.68. The van der Waals surface area contributed by atoms with Gasteiger partial charge in [0.05, 0.1) is 20.9 Å². The summed E-state index contributed by atoms with van der Waals surface area (Å²) in [6.45, 7) is 2.14. The predicted octanol–water partition coefficient (Wildman–Crippen LogP) is 0.735. The Morgan fingerprint density at radius 1 is 0.667 bits per heavy atom. The van der Waals surface area contributed by atoms with Gasteiger partial charge in [-0.05, 0) is 28.6 Å². The van der Waals surface area contributed by atoms with Crippen LogP contribution in [0.3, 0.4) is 0 Å². The van der Waals surface area contributed by atoms with Crippen LogP contribution in [-0.4, -0.2) is 135 Å². The van der Waals surface area contributed by atoms with Gasteiger partial charge in [-0.1, -0.05) is 62.4 Å². The van der Waals surface area contributed by atoms with Crippen molar-refractivity contribution in [2.24, 2.45) is 0 Å². The van der Waals surface area contributed by atoms with Gasteiger partial charge in [0.1, 0.15) is 13.2 Å². The Labute approximate surface area is 298 Å². The minimum absolute atomic E-state index is 0.0280. The summed E-state index contributed by atoms with van der Waals surface area (Å²) < 4.78 is 5.54. The number of aliphatic carboxylic acids is 1. The standard InChI is InChI=1S/C35H45BN6O9/c1-3-31(45)40(18-15-39-35(50)51-23-28-26-11-7-5-9-24(26)25-10-6-8-12-27(25)28)20-29(43)37-13-16-41(33(47)19-36)21-30(44)38-14-17-42(22-34(48)49)32(46)4-2/h5-12,28H,3-4,13-23H2,1-2H3,(H,37,43)(H,38,44)(H,39,50)(H,48,49). The Hall–Kier alpha value is -5.41. The summed E-state index contributed by atoms with van der Waals surface area (Å²) in [6.07, 6.45) is -0.791. The molecule has 0 aromatic heterocycles. The number of hydrogen-bond donors (Lipinski definition) is 4. The van der Waals surface area contributed by atoms with Crippen molar-refractivity contribution in [3.8, 4) is 11.1 Å². The second kappa shape index (κ2) is 20.3. The van der Waals surface area contributed by atoms with Gasteiger partial charge in [0.25, 0.3) is 0 Å². The van der Waals surface area contributed by atoms with Gasteiger partial charge in [0.2, 0.25) is 29.5 Å². The van der Waals surface area contributed by atoms with Crippen LogP contribution < -0.4 is 16.0 Å². The molecule has 0 fully saturated rings. The van der Waals surface area contributed by atoms with Gasteiger partial charge in [-0.25, -0.2) is 4.79 Å². The smallest absolute Gasteiger partial charge is 0.407 e. The lowest BCUT2D eigenvalue weighted by molar-refractivity contribution is -0.144. The van der Waals surface area contributed by atoms with E-state index in [1.54, 1.807) is 13.8 Å². The van der Waals surface area contributed by atoms with Crippen LogP contribution in [0.2, 0.25) is 6.32 Å². The van der Waals surface area contributed by atoms with Crippen molar-refractivity contribution in [3.05, 3.63) is 59.7 Å². The molecule has 0 bridgehead atoms. The van der Waals surface area contributed by atoms with Gasteiger partial charge >= 0.3 is 12.1 Å². The number of amides is 6. The number of rotatable bonds is 20.